The molecule has 2 bridgehead atoms. The van der Waals surface area contributed by atoms with Crippen LogP contribution in [0.15, 0.2) is 18.2 Å². The molecule has 1 aromatic heterocycles. The van der Waals surface area contributed by atoms with Crippen molar-refractivity contribution in [2.75, 3.05) is 14.2 Å². The number of piperidine rings is 2. The summed E-state index contributed by atoms with van der Waals surface area (Å²) in [6.07, 6.45) is 5.90. The van der Waals surface area contributed by atoms with Gasteiger partial charge in [-0.3, -0.25) is 9.48 Å². The number of nitrogens with two attached hydrogens (primary N) is 1. The summed E-state index contributed by atoms with van der Waals surface area (Å²) in [5.74, 6) is 0.261. The molecule has 6 heteroatoms. The number of para-hydroxylation sites is 1. The normalized spacial score (nSPS) is 27.3. The van der Waals surface area contributed by atoms with Gasteiger partial charge in [0.15, 0.2) is 5.69 Å². The standard InChI is InChI=1S/C18H24N4O2/c1-21-11-5-3-6-12(21)10-13(9-11)22-17-14(16(20-22)18(19)23)7-4-8-15(17)24-2/h4,7-8,11-13H,3,5-6,9-10H2,1-2H3,(H2,19,23). The Morgan fingerprint density at radius 3 is 2.58 bits per heavy atom. The van der Waals surface area contributed by atoms with E-state index in [-0.39, 0.29) is 6.04 Å². The molecule has 2 fully saturated rings. The van der Waals surface area contributed by atoms with Crippen LogP contribution in [0.3, 0.4) is 0 Å². The molecular weight excluding hydrogens is 304 g/mol. The van der Waals surface area contributed by atoms with Crippen molar-refractivity contribution in [1.29, 1.82) is 0 Å². The molecular formula is C18H24N4O2. The largest absolute Gasteiger partial charge is 0.494 e. The molecule has 2 aliphatic rings. The smallest absolute Gasteiger partial charge is 0.269 e. The minimum Gasteiger partial charge on any atom is -0.494 e. The fraction of sp³-hybridized carbons (Fsp3) is 0.556. The summed E-state index contributed by atoms with van der Waals surface area (Å²) in [5.41, 5.74) is 6.80. The minimum absolute atomic E-state index is 0.281. The van der Waals surface area contributed by atoms with E-state index in [1.165, 1.54) is 19.3 Å². The third-order valence-corrected chi connectivity index (χ3v) is 5.81. The number of carbonyl (C=O) groups is 1. The number of primary amides is 1. The van der Waals surface area contributed by atoms with Gasteiger partial charge in [0, 0.05) is 17.5 Å². The summed E-state index contributed by atoms with van der Waals surface area (Å²) in [5, 5.41) is 5.40. The number of methoxy groups -OCH3 is 1. The molecule has 6 nitrogen and oxygen atoms in total. The monoisotopic (exact) mass is 328 g/mol. The van der Waals surface area contributed by atoms with Gasteiger partial charge < -0.3 is 15.4 Å². The molecule has 2 atom stereocenters. The predicted molar refractivity (Wildman–Crippen MR) is 92.3 cm³/mol. The molecule has 1 aromatic carbocycles. The first-order chi connectivity index (χ1) is 11.6. The molecule has 2 aromatic rings. The number of ether oxygens (including phenoxy) is 1. The first-order valence-electron chi connectivity index (χ1n) is 8.67. The van der Waals surface area contributed by atoms with Crippen LogP contribution < -0.4 is 10.5 Å². The highest BCUT2D eigenvalue weighted by Gasteiger charge is 2.38. The molecule has 3 heterocycles. The number of aromatic nitrogens is 2. The van der Waals surface area contributed by atoms with Crippen molar-refractivity contribution in [2.24, 2.45) is 5.73 Å². The number of benzene rings is 1. The predicted octanol–water partition coefficient (Wildman–Crippen LogP) is 2.33. The van der Waals surface area contributed by atoms with Gasteiger partial charge in [-0.15, -0.1) is 0 Å². The van der Waals surface area contributed by atoms with E-state index in [9.17, 15) is 4.79 Å². The van der Waals surface area contributed by atoms with Gasteiger partial charge in [0.1, 0.15) is 11.3 Å². The van der Waals surface area contributed by atoms with Crippen molar-refractivity contribution in [2.45, 2.75) is 50.2 Å². The Morgan fingerprint density at radius 1 is 1.25 bits per heavy atom. The number of hydrogen-bond donors (Lipinski definition) is 1. The zero-order valence-electron chi connectivity index (χ0n) is 14.2. The summed E-state index contributed by atoms with van der Waals surface area (Å²) in [6, 6.07) is 7.16. The highest BCUT2D eigenvalue weighted by molar-refractivity contribution is 6.05. The number of rotatable bonds is 3. The lowest BCUT2D eigenvalue weighted by Crippen LogP contribution is -2.50. The highest BCUT2D eigenvalue weighted by Crippen LogP contribution is 2.40. The topological polar surface area (TPSA) is 73.4 Å². The van der Waals surface area contributed by atoms with Crippen LogP contribution in [-0.4, -0.2) is 46.8 Å². The third kappa shape index (κ3) is 2.28. The van der Waals surface area contributed by atoms with Crippen LogP contribution in [-0.2, 0) is 0 Å². The lowest BCUT2D eigenvalue weighted by molar-refractivity contribution is 0.0379. The summed E-state index contributed by atoms with van der Waals surface area (Å²) >= 11 is 0. The summed E-state index contributed by atoms with van der Waals surface area (Å²) in [6.45, 7) is 0. The fourth-order valence-electron chi connectivity index (χ4n) is 4.56. The summed E-state index contributed by atoms with van der Waals surface area (Å²) in [7, 11) is 3.89. The molecule has 2 unspecified atom stereocenters. The van der Waals surface area contributed by atoms with E-state index in [1.807, 2.05) is 22.9 Å². The summed E-state index contributed by atoms with van der Waals surface area (Å²) < 4.78 is 7.55. The van der Waals surface area contributed by atoms with Gasteiger partial charge in [-0.05, 0) is 38.8 Å². The Morgan fingerprint density at radius 2 is 1.96 bits per heavy atom. The second-order valence-corrected chi connectivity index (χ2v) is 7.04. The maximum absolute atomic E-state index is 11.9. The van der Waals surface area contributed by atoms with Crippen LogP contribution in [0.2, 0.25) is 0 Å². The van der Waals surface area contributed by atoms with E-state index in [1.54, 1.807) is 7.11 Å². The number of nitrogens with zero attached hydrogens (tertiary/aromatic N) is 3. The van der Waals surface area contributed by atoms with Crippen molar-refractivity contribution in [3.63, 3.8) is 0 Å². The Bertz CT molecular complexity index is 771. The molecule has 0 radical (unpaired) electrons. The Kier molecular flexibility index (Phi) is 3.72. The van der Waals surface area contributed by atoms with Crippen LogP contribution in [0.4, 0.5) is 0 Å². The molecule has 24 heavy (non-hydrogen) atoms. The molecule has 4 rings (SSSR count). The number of carbonyl (C=O) groups excluding carboxylic acids is 1. The van der Waals surface area contributed by atoms with Gasteiger partial charge in [-0.1, -0.05) is 18.6 Å². The van der Waals surface area contributed by atoms with E-state index in [0.717, 1.165) is 29.5 Å². The molecule has 128 valence electrons. The second-order valence-electron chi connectivity index (χ2n) is 7.04. The first kappa shape index (κ1) is 15.4. The highest BCUT2D eigenvalue weighted by atomic mass is 16.5. The minimum atomic E-state index is -0.486. The molecule has 0 saturated carbocycles. The van der Waals surface area contributed by atoms with Gasteiger partial charge in [-0.25, -0.2) is 0 Å². The molecule has 0 aliphatic carbocycles. The number of hydrogen-bond acceptors (Lipinski definition) is 4. The maximum atomic E-state index is 11.9. The Labute approximate surface area is 141 Å². The molecule has 2 N–H and O–H groups in total. The van der Waals surface area contributed by atoms with Gasteiger partial charge in [-0.2, -0.15) is 5.10 Å². The van der Waals surface area contributed by atoms with Gasteiger partial charge in [0.25, 0.3) is 5.91 Å². The molecule has 1 amide bonds. The lowest BCUT2D eigenvalue weighted by atomic mass is 9.82. The van der Waals surface area contributed by atoms with Gasteiger partial charge >= 0.3 is 0 Å². The van der Waals surface area contributed by atoms with Crippen LogP contribution in [0.5, 0.6) is 5.75 Å². The molecule has 0 spiro atoms. The zero-order valence-corrected chi connectivity index (χ0v) is 14.2. The van der Waals surface area contributed by atoms with Gasteiger partial charge in [0.05, 0.1) is 13.2 Å². The van der Waals surface area contributed by atoms with Crippen molar-refractivity contribution < 1.29 is 9.53 Å². The quantitative estimate of drug-likeness (QED) is 0.938. The van der Waals surface area contributed by atoms with E-state index < -0.39 is 5.91 Å². The summed E-state index contributed by atoms with van der Waals surface area (Å²) in [4.78, 5) is 14.4. The lowest BCUT2D eigenvalue weighted by Gasteiger charge is -2.47. The van der Waals surface area contributed by atoms with Crippen LogP contribution in [0.25, 0.3) is 10.9 Å². The van der Waals surface area contributed by atoms with E-state index in [2.05, 4.69) is 17.0 Å². The van der Waals surface area contributed by atoms with E-state index >= 15 is 0 Å². The second kappa shape index (κ2) is 5.77. The fourth-order valence-corrected chi connectivity index (χ4v) is 4.56. The third-order valence-electron chi connectivity index (χ3n) is 5.81. The van der Waals surface area contributed by atoms with E-state index in [0.29, 0.717) is 17.8 Å². The van der Waals surface area contributed by atoms with Crippen molar-refractivity contribution in [1.82, 2.24) is 14.7 Å². The Hall–Kier alpha value is -2.08. The van der Waals surface area contributed by atoms with Gasteiger partial charge in [0.2, 0.25) is 0 Å². The van der Waals surface area contributed by atoms with Crippen molar-refractivity contribution in [3.05, 3.63) is 23.9 Å². The SMILES string of the molecule is COc1cccc2c(C(N)=O)nn(C3CC4CCCC(C3)N4C)c12. The van der Waals surface area contributed by atoms with Crippen LogP contribution in [0, 0.1) is 0 Å². The number of amides is 1. The van der Waals surface area contributed by atoms with E-state index in [4.69, 9.17) is 10.5 Å². The average Bonchev–Trinajstić information content (AvgIpc) is 2.94. The van der Waals surface area contributed by atoms with Crippen LogP contribution >= 0.6 is 0 Å². The Balaban J connectivity index is 1.83. The van der Waals surface area contributed by atoms with Crippen molar-refractivity contribution >= 4 is 16.8 Å². The average molecular weight is 328 g/mol. The number of fused-ring (bicyclic) bond motifs is 3. The zero-order chi connectivity index (χ0) is 16.8. The van der Waals surface area contributed by atoms with Crippen molar-refractivity contribution in [3.8, 4) is 5.75 Å². The molecule has 2 aliphatic heterocycles. The maximum Gasteiger partial charge on any atom is 0.269 e. The van der Waals surface area contributed by atoms with Crippen LogP contribution in [0.1, 0.15) is 48.6 Å². The first-order valence-corrected chi connectivity index (χ1v) is 8.67. The molecule has 2 saturated heterocycles.